The molecule has 1 aromatic carbocycles. The number of pyridine rings is 1. The van der Waals surface area contributed by atoms with Crippen molar-refractivity contribution < 1.29 is 0 Å². The van der Waals surface area contributed by atoms with Crippen molar-refractivity contribution in [2.45, 2.75) is 19.4 Å². The Morgan fingerprint density at radius 1 is 0.900 bits per heavy atom. The van der Waals surface area contributed by atoms with Crippen LogP contribution in [0, 0.1) is 0 Å². The Hall–Kier alpha value is -2.36. The largest absolute Gasteiger partial charge is 0.336 e. The van der Waals surface area contributed by atoms with Gasteiger partial charge in [0.1, 0.15) is 0 Å². The minimum Gasteiger partial charge on any atom is -0.336 e. The summed E-state index contributed by atoms with van der Waals surface area (Å²) in [5.41, 5.74) is 3.77. The average Bonchev–Trinajstić information content (AvgIpc) is 2.80. The molecule has 20 heavy (non-hydrogen) atoms. The van der Waals surface area contributed by atoms with Crippen LogP contribution >= 0.6 is 0 Å². The maximum Gasteiger partial charge on any atom is 0.231 e. The van der Waals surface area contributed by atoms with E-state index in [4.69, 9.17) is 0 Å². The number of benzene rings is 1. The Morgan fingerprint density at radius 2 is 1.75 bits per heavy atom. The molecule has 3 heterocycles. The van der Waals surface area contributed by atoms with Gasteiger partial charge in [-0.1, -0.05) is 30.3 Å². The van der Waals surface area contributed by atoms with Crippen LogP contribution in [0.5, 0.6) is 0 Å². The van der Waals surface area contributed by atoms with E-state index in [2.05, 4.69) is 43.8 Å². The quantitative estimate of drug-likeness (QED) is 0.677. The molecule has 0 saturated carbocycles. The van der Waals surface area contributed by atoms with Gasteiger partial charge in [-0.05, 0) is 36.1 Å². The van der Waals surface area contributed by atoms with Crippen LogP contribution in [0.3, 0.4) is 0 Å². The second-order valence-corrected chi connectivity index (χ2v) is 5.22. The lowest BCUT2D eigenvalue weighted by Gasteiger charge is -2.20. The molecule has 4 nitrogen and oxygen atoms in total. The van der Waals surface area contributed by atoms with Crippen LogP contribution in [0.2, 0.25) is 0 Å². The summed E-state index contributed by atoms with van der Waals surface area (Å²) in [7, 11) is 0. The fourth-order valence-corrected chi connectivity index (χ4v) is 2.92. The van der Waals surface area contributed by atoms with Crippen LogP contribution in [-0.4, -0.2) is 21.1 Å². The van der Waals surface area contributed by atoms with Crippen molar-refractivity contribution >= 4 is 11.6 Å². The van der Waals surface area contributed by atoms with Gasteiger partial charge < -0.3 is 4.90 Å². The monoisotopic (exact) mass is 264 g/mol. The van der Waals surface area contributed by atoms with E-state index in [1.54, 1.807) is 0 Å². The zero-order valence-electron chi connectivity index (χ0n) is 11.2. The van der Waals surface area contributed by atoms with Crippen LogP contribution < -0.4 is 4.90 Å². The third-order valence-electron chi connectivity index (χ3n) is 3.93. The molecular weight excluding hydrogens is 248 g/mol. The van der Waals surface area contributed by atoms with Crippen molar-refractivity contribution in [2.75, 3.05) is 11.4 Å². The van der Waals surface area contributed by atoms with Gasteiger partial charge in [-0.25, -0.2) is 0 Å². The van der Waals surface area contributed by atoms with Crippen LogP contribution in [-0.2, 0) is 13.0 Å². The first kappa shape index (κ1) is 11.5. The molecule has 3 aromatic rings. The van der Waals surface area contributed by atoms with E-state index in [0.29, 0.717) is 0 Å². The summed E-state index contributed by atoms with van der Waals surface area (Å²) in [6, 6.07) is 14.7. The molecule has 1 aliphatic heterocycles. The summed E-state index contributed by atoms with van der Waals surface area (Å²) in [5, 5.41) is 8.62. The van der Waals surface area contributed by atoms with Crippen molar-refractivity contribution in [1.29, 1.82) is 0 Å². The Morgan fingerprint density at radius 3 is 2.70 bits per heavy atom. The van der Waals surface area contributed by atoms with Crippen LogP contribution in [0.1, 0.15) is 17.5 Å². The Labute approximate surface area is 117 Å². The van der Waals surface area contributed by atoms with Gasteiger partial charge >= 0.3 is 0 Å². The fourth-order valence-electron chi connectivity index (χ4n) is 2.92. The Balaban J connectivity index is 1.76. The SMILES string of the molecule is c1ccc2c(c1)CCCN(c1nnc3ccccn13)C2. The normalized spacial score (nSPS) is 15.1. The van der Waals surface area contributed by atoms with Gasteiger partial charge in [0.2, 0.25) is 5.95 Å². The van der Waals surface area contributed by atoms with Gasteiger partial charge in [0.15, 0.2) is 5.65 Å². The molecule has 0 N–H and O–H groups in total. The second kappa shape index (κ2) is 4.63. The van der Waals surface area contributed by atoms with Crippen LogP contribution in [0.15, 0.2) is 48.7 Å². The molecule has 0 amide bonds. The number of aromatic nitrogens is 3. The first-order valence-electron chi connectivity index (χ1n) is 7.03. The summed E-state index contributed by atoms with van der Waals surface area (Å²) < 4.78 is 2.06. The summed E-state index contributed by atoms with van der Waals surface area (Å²) in [5.74, 6) is 0.942. The Bertz CT molecular complexity index is 747. The molecule has 1 aliphatic rings. The number of rotatable bonds is 1. The molecule has 2 aromatic heterocycles. The highest BCUT2D eigenvalue weighted by molar-refractivity contribution is 5.47. The highest BCUT2D eigenvalue weighted by atomic mass is 15.4. The predicted octanol–water partition coefficient (Wildman–Crippen LogP) is 2.68. The number of hydrogen-bond acceptors (Lipinski definition) is 3. The van der Waals surface area contributed by atoms with Crippen molar-refractivity contribution in [2.24, 2.45) is 0 Å². The highest BCUT2D eigenvalue weighted by Crippen LogP contribution is 2.22. The molecule has 0 aliphatic carbocycles. The van der Waals surface area contributed by atoms with Crippen molar-refractivity contribution in [3.8, 4) is 0 Å². The molecular formula is C16H16N4. The first-order valence-corrected chi connectivity index (χ1v) is 7.03. The van der Waals surface area contributed by atoms with Crippen LogP contribution in [0.25, 0.3) is 5.65 Å². The number of aryl methyl sites for hydroxylation is 1. The van der Waals surface area contributed by atoms with Gasteiger partial charge in [0.25, 0.3) is 0 Å². The summed E-state index contributed by atoms with van der Waals surface area (Å²) in [6.07, 6.45) is 4.32. The summed E-state index contributed by atoms with van der Waals surface area (Å²) >= 11 is 0. The smallest absolute Gasteiger partial charge is 0.231 e. The average molecular weight is 264 g/mol. The highest BCUT2D eigenvalue weighted by Gasteiger charge is 2.18. The van der Waals surface area contributed by atoms with E-state index in [-0.39, 0.29) is 0 Å². The maximum absolute atomic E-state index is 4.37. The summed E-state index contributed by atoms with van der Waals surface area (Å²) in [4.78, 5) is 2.33. The van der Waals surface area contributed by atoms with Crippen LogP contribution in [0.4, 0.5) is 5.95 Å². The molecule has 100 valence electrons. The van der Waals surface area contributed by atoms with E-state index in [9.17, 15) is 0 Å². The first-order chi connectivity index (χ1) is 9.92. The van der Waals surface area contributed by atoms with Crippen molar-refractivity contribution in [3.05, 3.63) is 59.8 Å². The van der Waals surface area contributed by atoms with E-state index < -0.39 is 0 Å². The second-order valence-electron chi connectivity index (χ2n) is 5.22. The number of anilines is 1. The molecule has 0 unspecified atom stereocenters. The lowest BCUT2D eigenvalue weighted by molar-refractivity contribution is 0.735. The third kappa shape index (κ3) is 1.84. The maximum atomic E-state index is 4.37. The lowest BCUT2D eigenvalue weighted by Crippen LogP contribution is -2.24. The molecule has 0 atom stereocenters. The number of nitrogens with zero attached hydrogens (tertiary/aromatic N) is 4. The standard InChI is InChI=1S/C16H16N4/c1-2-7-14-12-19(10-5-8-13(14)6-1)16-18-17-15-9-3-4-11-20(15)16/h1-4,6-7,9,11H,5,8,10,12H2. The molecule has 0 bridgehead atoms. The predicted molar refractivity (Wildman–Crippen MR) is 78.8 cm³/mol. The minimum atomic E-state index is 0.903. The van der Waals surface area contributed by atoms with E-state index in [1.807, 2.05) is 24.4 Å². The number of hydrogen-bond donors (Lipinski definition) is 0. The zero-order valence-corrected chi connectivity index (χ0v) is 11.2. The van der Waals surface area contributed by atoms with Crippen molar-refractivity contribution in [1.82, 2.24) is 14.6 Å². The van der Waals surface area contributed by atoms with Crippen molar-refractivity contribution in [3.63, 3.8) is 0 Å². The van der Waals surface area contributed by atoms with Gasteiger partial charge in [0, 0.05) is 19.3 Å². The molecule has 0 spiro atoms. The molecule has 0 saturated heterocycles. The molecule has 0 fully saturated rings. The third-order valence-corrected chi connectivity index (χ3v) is 3.93. The molecule has 4 heteroatoms. The molecule has 4 rings (SSSR count). The van der Waals surface area contributed by atoms with Gasteiger partial charge in [-0.3, -0.25) is 4.40 Å². The Kier molecular flexibility index (Phi) is 2.66. The topological polar surface area (TPSA) is 33.4 Å². The summed E-state index contributed by atoms with van der Waals surface area (Å²) in [6.45, 7) is 1.93. The van der Waals surface area contributed by atoms with E-state index >= 15 is 0 Å². The van der Waals surface area contributed by atoms with Gasteiger partial charge in [-0.2, -0.15) is 0 Å². The lowest BCUT2D eigenvalue weighted by atomic mass is 10.0. The molecule has 0 radical (unpaired) electrons. The van der Waals surface area contributed by atoms with Gasteiger partial charge in [0.05, 0.1) is 0 Å². The zero-order chi connectivity index (χ0) is 13.4. The van der Waals surface area contributed by atoms with Gasteiger partial charge in [-0.15, -0.1) is 10.2 Å². The number of fused-ring (bicyclic) bond motifs is 2. The minimum absolute atomic E-state index is 0.903. The van der Waals surface area contributed by atoms with E-state index in [1.165, 1.54) is 11.1 Å². The fraction of sp³-hybridized carbons (Fsp3) is 0.250. The van der Waals surface area contributed by atoms with E-state index in [0.717, 1.165) is 37.5 Å².